The van der Waals surface area contributed by atoms with Gasteiger partial charge in [-0.15, -0.1) is 0 Å². The van der Waals surface area contributed by atoms with Crippen LogP contribution in [0, 0.1) is 23.2 Å². The predicted octanol–water partition coefficient (Wildman–Crippen LogP) is 4.03. The fourth-order valence-corrected chi connectivity index (χ4v) is 5.64. The van der Waals surface area contributed by atoms with Crippen molar-refractivity contribution in [2.75, 3.05) is 5.73 Å². The summed E-state index contributed by atoms with van der Waals surface area (Å²) in [6.45, 7) is 0. The Labute approximate surface area is 110 Å². The van der Waals surface area contributed by atoms with E-state index in [1.54, 1.807) is 0 Å². The minimum absolute atomic E-state index is 0.641. The van der Waals surface area contributed by atoms with Crippen LogP contribution in [0.5, 0.6) is 0 Å². The summed E-state index contributed by atoms with van der Waals surface area (Å²) in [5.41, 5.74) is 8.96. The van der Waals surface area contributed by atoms with Gasteiger partial charge in [0, 0.05) is 5.69 Å². The molecule has 0 unspecified atom stereocenters. The van der Waals surface area contributed by atoms with Crippen molar-refractivity contribution in [3.63, 3.8) is 0 Å². The van der Waals surface area contributed by atoms with Gasteiger partial charge in [0.15, 0.2) is 0 Å². The maximum atomic E-state index is 5.93. The largest absolute Gasteiger partial charge is 0.399 e. The fourth-order valence-electron chi connectivity index (χ4n) is 5.64. The van der Waals surface area contributed by atoms with Gasteiger partial charge in [-0.05, 0) is 85.8 Å². The molecule has 4 aliphatic carbocycles. The molecule has 4 fully saturated rings. The molecule has 5 rings (SSSR count). The van der Waals surface area contributed by atoms with E-state index in [4.69, 9.17) is 5.73 Å². The molecular formula is C17H23N. The molecule has 18 heavy (non-hydrogen) atoms. The number of rotatable bonds is 2. The highest BCUT2D eigenvalue weighted by molar-refractivity contribution is 5.41. The zero-order chi connectivity index (χ0) is 12.2. The Bertz CT molecular complexity index is 427. The van der Waals surface area contributed by atoms with Gasteiger partial charge in [0.05, 0.1) is 0 Å². The molecule has 1 aromatic rings. The van der Waals surface area contributed by atoms with E-state index < -0.39 is 0 Å². The third kappa shape index (κ3) is 1.75. The standard InChI is InChI=1S/C17H23N/c18-16-3-1-2-12(7-16)8-17-9-13-4-14(10-17)6-15(5-13)11-17/h1-3,7,13-15H,4-6,8-11,18H2. The number of benzene rings is 1. The molecule has 0 atom stereocenters. The second-order valence-electron chi connectivity index (χ2n) is 7.34. The molecule has 0 saturated heterocycles. The first-order chi connectivity index (χ1) is 8.71. The average Bonchev–Trinajstić information content (AvgIpc) is 2.25. The first-order valence-electron chi connectivity index (χ1n) is 7.55. The molecule has 0 aromatic heterocycles. The van der Waals surface area contributed by atoms with Crippen molar-refractivity contribution in [1.82, 2.24) is 0 Å². The van der Waals surface area contributed by atoms with Crippen LogP contribution in [0.3, 0.4) is 0 Å². The van der Waals surface area contributed by atoms with Crippen LogP contribution in [0.2, 0.25) is 0 Å². The quantitative estimate of drug-likeness (QED) is 0.777. The summed E-state index contributed by atoms with van der Waals surface area (Å²) in [4.78, 5) is 0. The van der Waals surface area contributed by atoms with E-state index in [1.165, 1.54) is 50.5 Å². The normalized spacial score (nSPS) is 41.2. The van der Waals surface area contributed by atoms with Crippen molar-refractivity contribution in [1.29, 1.82) is 0 Å². The number of hydrogen-bond acceptors (Lipinski definition) is 1. The van der Waals surface area contributed by atoms with Crippen LogP contribution in [0.25, 0.3) is 0 Å². The Kier molecular flexibility index (Phi) is 2.27. The van der Waals surface area contributed by atoms with Crippen LogP contribution in [0.15, 0.2) is 24.3 Å². The highest BCUT2D eigenvalue weighted by Gasteiger charge is 2.50. The van der Waals surface area contributed by atoms with Gasteiger partial charge in [-0.2, -0.15) is 0 Å². The van der Waals surface area contributed by atoms with Crippen molar-refractivity contribution >= 4 is 5.69 Å². The van der Waals surface area contributed by atoms with E-state index in [0.29, 0.717) is 5.41 Å². The van der Waals surface area contributed by atoms with E-state index in [0.717, 1.165) is 23.4 Å². The van der Waals surface area contributed by atoms with Gasteiger partial charge in [0.2, 0.25) is 0 Å². The number of nitrogen functional groups attached to an aromatic ring is 1. The molecule has 2 N–H and O–H groups in total. The Morgan fingerprint density at radius 3 is 2.17 bits per heavy atom. The molecule has 0 heterocycles. The SMILES string of the molecule is Nc1cccc(CC23CC4CC(CC(C4)C2)C3)c1. The van der Waals surface area contributed by atoms with E-state index >= 15 is 0 Å². The highest BCUT2D eigenvalue weighted by atomic mass is 14.6. The molecule has 1 aromatic carbocycles. The summed E-state index contributed by atoms with van der Waals surface area (Å²) in [5.74, 6) is 3.16. The molecule has 0 spiro atoms. The Hall–Kier alpha value is -0.980. The molecule has 96 valence electrons. The van der Waals surface area contributed by atoms with Crippen molar-refractivity contribution in [3.05, 3.63) is 29.8 Å². The van der Waals surface area contributed by atoms with Crippen LogP contribution < -0.4 is 5.73 Å². The second kappa shape index (κ2) is 3.76. The zero-order valence-corrected chi connectivity index (χ0v) is 11.1. The lowest BCUT2D eigenvalue weighted by molar-refractivity contribution is -0.0521. The lowest BCUT2D eigenvalue weighted by atomic mass is 9.48. The van der Waals surface area contributed by atoms with Crippen molar-refractivity contribution in [2.45, 2.75) is 44.9 Å². The Balaban J connectivity index is 1.60. The average molecular weight is 241 g/mol. The minimum atomic E-state index is 0.641. The zero-order valence-electron chi connectivity index (χ0n) is 11.1. The molecule has 1 heteroatoms. The van der Waals surface area contributed by atoms with Gasteiger partial charge in [0.1, 0.15) is 0 Å². The van der Waals surface area contributed by atoms with Gasteiger partial charge >= 0.3 is 0 Å². The van der Waals surface area contributed by atoms with E-state index in [2.05, 4.69) is 18.2 Å². The fraction of sp³-hybridized carbons (Fsp3) is 0.647. The second-order valence-corrected chi connectivity index (χ2v) is 7.34. The summed E-state index contributed by atoms with van der Waals surface area (Å²) < 4.78 is 0. The molecule has 1 nitrogen and oxygen atoms in total. The van der Waals surface area contributed by atoms with Crippen LogP contribution >= 0.6 is 0 Å². The predicted molar refractivity (Wildman–Crippen MR) is 75.2 cm³/mol. The number of nitrogens with two attached hydrogens (primary N) is 1. The molecule has 4 saturated carbocycles. The first kappa shape index (κ1) is 10.9. The maximum Gasteiger partial charge on any atom is 0.0316 e. The summed E-state index contributed by atoms with van der Waals surface area (Å²) in [7, 11) is 0. The van der Waals surface area contributed by atoms with Gasteiger partial charge in [-0.1, -0.05) is 12.1 Å². The number of hydrogen-bond donors (Lipinski definition) is 1. The van der Waals surface area contributed by atoms with Gasteiger partial charge in [-0.3, -0.25) is 0 Å². The lowest BCUT2D eigenvalue weighted by Crippen LogP contribution is -2.47. The third-order valence-electron chi connectivity index (χ3n) is 5.70. The van der Waals surface area contributed by atoms with E-state index in [-0.39, 0.29) is 0 Å². The first-order valence-corrected chi connectivity index (χ1v) is 7.55. The van der Waals surface area contributed by atoms with Gasteiger partial charge in [-0.25, -0.2) is 0 Å². The van der Waals surface area contributed by atoms with Crippen LogP contribution in [-0.2, 0) is 6.42 Å². The van der Waals surface area contributed by atoms with Crippen LogP contribution in [-0.4, -0.2) is 0 Å². The third-order valence-corrected chi connectivity index (χ3v) is 5.70. The van der Waals surface area contributed by atoms with Crippen molar-refractivity contribution in [2.24, 2.45) is 23.2 Å². The van der Waals surface area contributed by atoms with Crippen molar-refractivity contribution < 1.29 is 0 Å². The summed E-state index contributed by atoms with van der Waals surface area (Å²) in [6.07, 6.45) is 10.4. The number of anilines is 1. The van der Waals surface area contributed by atoms with Gasteiger partial charge in [0.25, 0.3) is 0 Å². The molecule has 0 aliphatic heterocycles. The van der Waals surface area contributed by atoms with Crippen molar-refractivity contribution in [3.8, 4) is 0 Å². The van der Waals surface area contributed by atoms with Crippen LogP contribution in [0.4, 0.5) is 5.69 Å². The summed E-state index contributed by atoms with van der Waals surface area (Å²) >= 11 is 0. The smallest absolute Gasteiger partial charge is 0.0316 e. The molecule has 4 bridgehead atoms. The minimum Gasteiger partial charge on any atom is -0.399 e. The van der Waals surface area contributed by atoms with E-state index in [1.807, 2.05) is 6.07 Å². The Morgan fingerprint density at radius 2 is 1.61 bits per heavy atom. The molecule has 0 amide bonds. The summed E-state index contributed by atoms with van der Waals surface area (Å²) in [5, 5.41) is 0. The highest BCUT2D eigenvalue weighted by Crippen LogP contribution is 2.61. The monoisotopic (exact) mass is 241 g/mol. The topological polar surface area (TPSA) is 26.0 Å². The molecule has 0 radical (unpaired) electrons. The van der Waals surface area contributed by atoms with E-state index in [9.17, 15) is 0 Å². The molecular weight excluding hydrogens is 218 g/mol. The van der Waals surface area contributed by atoms with Crippen LogP contribution in [0.1, 0.15) is 44.1 Å². The summed E-state index contributed by atoms with van der Waals surface area (Å²) in [6, 6.07) is 8.59. The maximum absolute atomic E-state index is 5.93. The lowest BCUT2D eigenvalue weighted by Gasteiger charge is -2.57. The van der Waals surface area contributed by atoms with Gasteiger partial charge < -0.3 is 5.73 Å². The Morgan fingerprint density at radius 1 is 1.00 bits per heavy atom. The molecule has 4 aliphatic rings.